The van der Waals surface area contributed by atoms with Gasteiger partial charge in [-0.05, 0) is 43.1 Å². The van der Waals surface area contributed by atoms with Crippen molar-refractivity contribution >= 4 is 38.2 Å². The molecule has 1 heterocycles. The Morgan fingerprint density at radius 3 is 2.67 bits per heavy atom. The predicted molar refractivity (Wildman–Crippen MR) is 97.2 cm³/mol. The highest BCUT2D eigenvalue weighted by atomic mass is 32.2. The molecule has 0 aliphatic carbocycles. The molecule has 0 unspecified atom stereocenters. The zero-order valence-electron chi connectivity index (χ0n) is 13.9. The van der Waals surface area contributed by atoms with Gasteiger partial charge in [0.1, 0.15) is 5.00 Å². The van der Waals surface area contributed by atoms with Gasteiger partial charge in [0.25, 0.3) is 5.91 Å². The van der Waals surface area contributed by atoms with E-state index in [9.17, 15) is 13.2 Å². The molecule has 0 spiro atoms. The molecule has 1 amide bonds. The van der Waals surface area contributed by atoms with Crippen molar-refractivity contribution in [3.63, 3.8) is 0 Å². The Morgan fingerprint density at radius 2 is 2.04 bits per heavy atom. The van der Waals surface area contributed by atoms with E-state index in [0.717, 1.165) is 11.8 Å². The molecule has 0 aliphatic heterocycles. The fourth-order valence-corrected chi connectivity index (χ4v) is 3.54. The molecular weight excluding hydrogens is 348 g/mol. The molecule has 9 heteroatoms. The standard InChI is InChI=1S/C15H20N4O3S2/c1-9(11-6-5-7-12(8-11)19-24(4,21)22)17-14(20)13-10(2)18-23-15(13)16-3/h5-9,16,19H,1-4H3,(H,17,20)/t9-/m1/s1. The SMILES string of the molecule is CNc1snc(C)c1C(=O)N[C@H](C)c1cccc(NS(C)(=O)=O)c1. The van der Waals surface area contributed by atoms with Crippen LogP contribution < -0.4 is 15.4 Å². The van der Waals surface area contributed by atoms with Crippen LogP contribution in [0.5, 0.6) is 0 Å². The summed E-state index contributed by atoms with van der Waals surface area (Å²) in [6.45, 7) is 3.62. The third-order valence-electron chi connectivity index (χ3n) is 3.35. The zero-order chi connectivity index (χ0) is 17.9. The van der Waals surface area contributed by atoms with E-state index in [1.54, 1.807) is 32.2 Å². The van der Waals surface area contributed by atoms with Gasteiger partial charge < -0.3 is 10.6 Å². The van der Waals surface area contributed by atoms with Crippen LogP contribution in [-0.4, -0.2) is 32.0 Å². The van der Waals surface area contributed by atoms with Crippen LogP contribution in [0.4, 0.5) is 10.7 Å². The number of amides is 1. The third kappa shape index (κ3) is 4.45. The number of nitrogens with one attached hydrogen (secondary N) is 3. The molecule has 0 saturated carbocycles. The number of anilines is 2. The highest BCUT2D eigenvalue weighted by molar-refractivity contribution is 7.92. The molecule has 0 bridgehead atoms. The normalized spacial score (nSPS) is 12.5. The molecule has 0 saturated heterocycles. The Bertz CT molecular complexity index is 846. The van der Waals surface area contributed by atoms with E-state index in [4.69, 9.17) is 0 Å². The predicted octanol–water partition coefficient (Wildman–Crippen LogP) is 2.36. The van der Waals surface area contributed by atoms with Gasteiger partial charge in [-0.2, -0.15) is 4.37 Å². The fraction of sp³-hybridized carbons (Fsp3) is 0.333. The van der Waals surface area contributed by atoms with Crippen LogP contribution in [0, 0.1) is 6.92 Å². The number of aromatic nitrogens is 1. The minimum Gasteiger partial charge on any atom is -0.378 e. The van der Waals surface area contributed by atoms with E-state index in [0.29, 0.717) is 21.9 Å². The topological polar surface area (TPSA) is 100 Å². The number of hydrogen-bond donors (Lipinski definition) is 3. The lowest BCUT2D eigenvalue weighted by molar-refractivity contribution is 0.0940. The Balaban J connectivity index is 2.17. The Kier molecular flexibility index (Phi) is 5.45. The van der Waals surface area contributed by atoms with Crippen molar-refractivity contribution in [2.24, 2.45) is 0 Å². The lowest BCUT2D eigenvalue weighted by atomic mass is 10.1. The van der Waals surface area contributed by atoms with E-state index < -0.39 is 10.0 Å². The van der Waals surface area contributed by atoms with Gasteiger partial charge in [0.2, 0.25) is 10.0 Å². The van der Waals surface area contributed by atoms with Crippen LogP contribution in [0.15, 0.2) is 24.3 Å². The van der Waals surface area contributed by atoms with Gasteiger partial charge in [0.15, 0.2) is 0 Å². The second-order valence-electron chi connectivity index (χ2n) is 5.42. The largest absolute Gasteiger partial charge is 0.378 e. The summed E-state index contributed by atoms with van der Waals surface area (Å²) in [5.74, 6) is -0.223. The van der Waals surface area contributed by atoms with E-state index >= 15 is 0 Å². The van der Waals surface area contributed by atoms with Crippen LogP contribution in [0.25, 0.3) is 0 Å². The maximum atomic E-state index is 12.5. The first kappa shape index (κ1) is 18.2. The minimum absolute atomic E-state index is 0.223. The number of benzene rings is 1. The highest BCUT2D eigenvalue weighted by Crippen LogP contribution is 2.25. The first-order valence-electron chi connectivity index (χ1n) is 7.24. The van der Waals surface area contributed by atoms with Gasteiger partial charge in [-0.15, -0.1) is 0 Å². The van der Waals surface area contributed by atoms with Crippen LogP contribution >= 0.6 is 11.5 Å². The van der Waals surface area contributed by atoms with Crippen molar-refractivity contribution in [1.29, 1.82) is 0 Å². The average molecular weight is 368 g/mol. The maximum Gasteiger partial charge on any atom is 0.256 e. The van der Waals surface area contributed by atoms with Crippen molar-refractivity contribution in [2.75, 3.05) is 23.3 Å². The third-order valence-corrected chi connectivity index (χ3v) is 4.92. The number of nitrogens with zero attached hydrogens (tertiary/aromatic N) is 1. The summed E-state index contributed by atoms with van der Waals surface area (Å²) >= 11 is 1.24. The summed E-state index contributed by atoms with van der Waals surface area (Å²) in [7, 11) is -1.60. The second kappa shape index (κ2) is 7.18. The van der Waals surface area contributed by atoms with E-state index in [1.807, 2.05) is 13.0 Å². The van der Waals surface area contributed by atoms with Gasteiger partial charge >= 0.3 is 0 Å². The molecule has 3 N–H and O–H groups in total. The summed E-state index contributed by atoms with van der Waals surface area (Å²) in [5, 5.41) is 6.59. The van der Waals surface area contributed by atoms with Crippen LogP contribution in [0.3, 0.4) is 0 Å². The van der Waals surface area contributed by atoms with E-state index in [1.165, 1.54) is 11.5 Å². The van der Waals surface area contributed by atoms with Crippen LogP contribution in [0.2, 0.25) is 0 Å². The molecular formula is C15H20N4O3S2. The summed E-state index contributed by atoms with van der Waals surface area (Å²) in [6.07, 6.45) is 1.09. The second-order valence-corrected chi connectivity index (χ2v) is 7.94. The summed E-state index contributed by atoms with van der Waals surface area (Å²) in [6, 6.07) is 6.63. The van der Waals surface area contributed by atoms with Crippen molar-refractivity contribution < 1.29 is 13.2 Å². The number of hydrogen-bond acceptors (Lipinski definition) is 6. The van der Waals surface area contributed by atoms with Gasteiger partial charge in [-0.1, -0.05) is 12.1 Å². The first-order valence-corrected chi connectivity index (χ1v) is 9.90. The molecule has 2 aromatic rings. The zero-order valence-corrected chi connectivity index (χ0v) is 15.5. The lowest BCUT2D eigenvalue weighted by Gasteiger charge is -2.16. The van der Waals surface area contributed by atoms with Crippen molar-refractivity contribution in [1.82, 2.24) is 9.69 Å². The Morgan fingerprint density at radius 1 is 1.33 bits per heavy atom. The van der Waals surface area contributed by atoms with E-state index in [2.05, 4.69) is 19.7 Å². The molecule has 1 aromatic heterocycles. The Hall–Kier alpha value is -2.13. The van der Waals surface area contributed by atoms with Crippen molar-refractivity contribution in [3.05, 3.63) is 41.1 Å². The van der Waals surface area contributed by atoms with Crippen molar-refractivity contribution in [2.45, 2.75) is 19.9 Å². The smallest absolute Gasteiger partial charge is 0.256 e. The highest BCUT2D eigenvalue weighted by Gasteiger charge is 2.20. The number of aryl methyl sites for hydroxylation is 1. The van der Waals surface area contributed by atoms with E-state index in [-0.39, 0.29) is 11.9 Å². The van der Waals surface area contributed by atoms with Gasteiger partial charge in [-0.3, -0.25) is 9.52 Å². The molecule has 0 aliphatic rings. The number of carbonyl (C=O) groups is 1. The molecule has 0 radical (unpaired) electrons. The number of rotatable bonds is 6. The maximum absolute atomic E-state index is 12.5. The molecule has 1 atom stereocenters. The summed E-state index contributed by atoms with van der Waals surface area (Å²) in [5.41, 5.74) is 2.45. The minimum atomic E-state index is -3.35. The van der Waals surface area contributed by atoms with Crippen LogP contribution in [-0.2, 0) is 10.0 Å². The fourth-order valence-electron chi connectivity index (χ4n) is 2.25. The summed E-state index contributed by atoms with van der Waals surface area (Å²) < 4.78 is 29.3. The van der Waals surface area contributed by atoms with Crippen molar-refractivity contribution in [3.8, 4) is 0 Å². The lowest BCUT2D eigenvalue weighted by Crippen LogP contribution is -2.27. The first-order chi connectivity index (χ1) is 11.2. The Labute approximate surface area is 145 Å². The average Bonchev–Trinajstić information content (AvgIpc) is 2.86. The molecule has 130 valence electrons. The molecule has 0 fully saturated rings. The monoisotopic (exact) mass is 368 g/mol. The van der Waals surface area contributed by atoms with Gasteiger partial charge in [0.05, 0.1) is 23.6 Å². The molecule has 24 heavy (non-hydrogen) atoms. The molecule has 2 rings (SSSR count). The van der Waals surface area contributed by atoms with Gasteiger partial charge in [0, 0.05) is 12.7 Å². The number of carbonyl (C=O) groups excluding carboxylic acids is 1. The van der Waals surface area contributed by atoms with Gasteiger partial charge in [-0.25, -0.2) is 8.42 Å². The number of sulfonamides is 1. The van der Waals surface area contributed by atoms with Crippen LogP contribution in [0.1, 0.15) is 34.6 Å². The summed E-state index contributed by atoms with van der Waals surface area (Å²) in [4.78, 5) is 12.5. The quantitative estimate of drug-likeness (QED) is 0.727. The molecule has 7 nitrogen and oxygen atoms in total. The molecule has 1 aromatic carbocycles.